The smallest absolute Gasteiger partial charge is 0.293 e. The Bertz CT molecular complexity index is 245. The van der Waals surface area contributed by atoms with Crippen LogP contribution in [0, 0.1) is 0 Å². The molecule has 0 amide bonds. The lowest BCUT2D eigenvalue weighted by Gasteiger charge is -2.18. The Morgan fingerprint density at radius 2 is 2.00 bits per heavy atom. The molecule has 0 heterocycles. The summed E-state index contributed by atoms with van der Waals surface area (Å²) in [6, 6.07) is 0. The van der Waals surface area contributed by atoms with Crippen molar-refractivity contribution >= 4 is 18.0 Å². The molecule has 0 aromatic heterocycles. The first-order chi connectivity index (χ1) is 6.40. The lowest BCUT2D eigenvalue weighted by Crippen LogP contribution is -2.31. The van der Waals surface area contributed by atoms with E-state index in [1.807, 2.05) is 0 Å². The summed E-state index contributed by atoms with van der Waals surface area (Å²) in [6.45, 7) is 6.69. The molecule has 14 heavy (non-hydrogen) atoms. The van der Waals surface area contributed by atoms with E-state index in [2.05, 4.69) is 9.89 Å². The molecule has 0 bridgehead atoms. The molecule has 0 saturated heterocycles. The van der Waals surface area contributed by atoms with Gasteiger partial charge in [-0.05, 0) is 27.7 Å². The highest BCUT2D eigenvalue weighted by molar-refractivity contribution is 5.85. The molecule has 5 heteroatoms. The minimum Gasteiger partial charge on any atom is -0.462 e. The number of ether oxygens (including phenoxy) is 1. The van der Waals surface area contributed by atoms with Gasteiger partial charge in [0, 0.05) is 0 Å². The van der Waals surface area contributed by atoms with Crippen LogP contribution in [0.1, 0.15) is 27.7 Å². The third-order valence-corrected chi connectivity index (χ3v) is 1.64. The predicted molar refractivity (Wildman–Crippen MR) is 51.0 cm³/mol. The van der Waals surface area contributed by atoms with Gasteiger partial charge in [-0.1, -0.05) is 5.16 Å². The van der Waals surface area contributed by atoms with E-state index in [1.165, 1.54) is 6.92 Å². The van der Waals surface area contributed by atoms with Gasteiger partial charge in [0.25, 0.3) is 6.47 Å². The summed E-state index contributed by atoms with van der Waals surface area (Å²) < 4.78 is 4.44. The van der Waals surface area contributed by atoms with E-state index in [4.69, 9.17) is 4.84 Å². The molecule has 5 nitrogen and oxygen atoms in total. The van der Waals surface area contributed by atoms with Crippen LogP contribution >= 0.6 is 0 Å². The van der Waals surface area contributed by atoms with Crippen molar-refractivity contribution in [2.75, 3.05) is 6.61 Å². The first-order valence-corrected chi connectivity index (χ1v) is 4.18. The highest BCUT2D eigenvalue weighted by Gasteiger charge is 2.25. The van der Waals surface area contributed by atoms with E-state index in [0.29, 0.717) is 12.2 Å². The van der Waals surface area contributed by atoms with E-state index in [0.717, 1.165) is 0 Å². The summed E-state index contributed by atoms with van der Waals surface area (Å²) in [5.74, 6) is -0.120. The topological polar surface area (TPSA) is 65.0 Å². The molecular weight excluding hydrogens is 186 g/mol. The van der Waals surface area contributed by atoms with Gasteiger partial charge >= 0.3 is 0 Å². The Morgan fingerprint density at radius 1 is 1.43 bits per heavy atom. The zero-order chi connectivity index (χ0) is 11.2. The van der Waals surface area contributed by atoms with Crippen LogP contribution in [0.2, 0.25) is 0 Å². The van der Waals surface area contributed by atoms with Gasteiger partial charge in [0.15, 0.2) is 11.4 Å². The predicted octanol–water partition coefficient (Wildman–Crippen LogP) is 0.919. The number of ketones is 1. The molecule has 0 spiro atoms. The standard InChI is InChI=1S/C9H15NO4/c1-7(5-13-6-11)10-14-9(3,4)8(2)12/h6H,5H2,1-4H3/b10-7-. The third-order valence-electron chi connectivity index (χ3n) is 1.64. The normalized spacial score (nSPS) is 12.1. The first kappa shape index (κ1) is 12.6. The van der Waals surface area contributed by atoms with Crippen molar-refractivity contribution in [3.63, 3.8) is 0 Å². The van der Waals surface area contributed by atoms with Crippen LogP contribution in [-0.2, 0) is 19.2 Å². The first-order valence-electron chi connectivity index (χ1n) is 4.18. The fourth-order valence-electron chi connectivity index (χ4n) is 0.437. The van der Waals surface area contributed by atoms with Gasteiger partial charge in [-0.2, -0.15) is 0 Å². The van der Waals surface area contributed by atoms with Crippen LogP contribution in [0.4, 0.5) is 0 Å². The third kappa shape index (κ3) is 4.59. The van der Waals surface area contributed by atoms with E-state index in [9.17, 15) is 9.59 Å². The molecule has 0 aliphatic heterocycles. The molecule has 0 unspecified atom stereocenters. The van der Waals surface area contributed by atoms with Gasteiger partial charge < -0.3 is 9.57 Å². The summed E-state index contributed by atoms with van der Waals surface area (Å²) in [4.78, 5) is 25.8. The van der Waals surface area contributed by atoms with Crippen molar-refractivity contribution in [3.05, 3.63) is 0 Å². The summed E-state index contributed by atoms with van der Waals surface area (Å²) in [5, 5.41) is 3.67. The van der Waals surface area contributed by atoms with E-state index in [1.54, 1.807) is 20.8 Å². The molecular formula is C9H15NO4. The van der Waals surface area contributed by atoms with E-state index in [-0.39, 0.29) is 12.4 Å². The summed E-state index contributed by atoms with van der Waals surface area (Å²) >= 11 is 0. The quantitative estimate of drug-likeness (QED) is 0.364. The fourth-order valence-corrected chi connectivity index (χ4v) is 0.437. The van der Waals surface area contributed by atoms with E-state index < -0.39 is 5.60 Å². The maximum Gasteiger partial charge on any atom is 0.293 e. The van der Waals surface area contributed by atoms with Crippen molar-refractivity contribution in [3.8, 4) is 0 Å². The van der Waals surface area contributed by atoms with Crippen LogP contribution < -0.4 is 0 Å². The van der Waals surface area contributed by atoms with Crippen molar-refractivity contribution in [2.45, 2.75) is 33.3 Å². The van der Waals surface area contributed by atoms with Crippen molar-refractivity contribution in [1.82, 2.24) is 0 Å². The molecule has 80 valence electrons. The van der Waals surface area contributed by atoms with Crippen LogP contribution in [0.25, 0.3) is 0 Å². The maximum atomic E-state index is 11.0. The molecule has 0 N–H and O–H groups in total. The largest absolute Gasteiger partial charge is 0.462 e. The minimum atomic E-state index is -0.942. The lowest BCUT2D eigenvalue weighted by molar-refractivity contribution is -0.138. The second-order valence-electron chi connectivity index (χ2n) is 3.39. The summed E-state index contributed by atoms with van der Waals surface area (Å²) in [7, 11) is 0. The number of carbonyl (C=O) groups excluding carboxylic acids is 2. The Hall–Kier alpha value is -1.39. The van der Waals surface area contributed by atoms with Gasteiger partial charge in [-0.25, -0.2) is 0 Å². The van der Waals surface area contributed by atoms with Crippen LogP contribution in [-0.4, -0.2) is 30.2 Å². The van der Waals surface area contributed by atoms with Gasteiger partial charge in [0.05, 0.1) is 5.71 Å². The fraction of sp³-hybridized carbons (Fsp3) is 0.667. The summed E-state index contributed by atoms with van der Waals surface area (Å²) in [5.41, 5.74) is -0.450. The highest BCUT2D eigenvalue weighted by atomic mass is 16.7. The van der Waals surface area contributed by atoms with Crippen LogP contribution in [0.5, 0.6) is 0 Å². The molecule has 0 aromatic rings. The van der Waals surface area contributed by atoms with Gasteiger partial charge in [-0.15, -0.1) is 0 Å². The van der Waals surface area contributed by atoms with Crippen LogP contribution in [0.15, 0.2) is 5.16 Å². The van der Waals surface area contributed by atoms with Gasteiger partial charge in [-0.3, -0.25) is 9.59 Å². The number of Topliss-reactive ketones (excluding diaryl/α,β-unsaturated/α-hetero) is 1. The number of carbonyl (C=O) groups is 2. The number of hydrogen-bond donors (Lipinski definition) is 0. The van der Waals surface area contributed by atoms with E-state index >= 15 is 0 Å². The maximum absolute atomic E-state index is 11.0. The Kier molecular flexibility index (Phi) is 4.83. The number of nitrogens with zero attached hydrogens (tertiary/aromatic N) is 1. The highest BCUT2D eigenvalue weighted by Crippen LogP contribution is 2.10. The van der Waals surface area contributed by atoms with Gasteiger partial charge in [0.2, 0.25) is 0 Å². The summed E-state index contributed by atoms with van der Waals surface area (Å²) in [6.07, 6.45) is 0. The molecule has 0 aliphatic carbocycles. The molecule has 0 saturated carbocycles. The monoisotopic (exact) mass is 201 g/mol. The molecule has 0 fully saturated rings. The SMILES string of the molecule is CC(=O)C(C)(C)O/N=C(/C)COC=O. The Labute approximate surface area is 83.1 Å². The van der Waals surface area contributed by atoms with Crippen molar-refractivity contribution in [1.29, 1.82) is 0 Å². The van der Waals surface area contributed by atoms with Crippen LogP contribution in [0.3, 0.4) is 0 Å². The second-order valence-corrected chi connectivity index (χ2v) is 3.39. The average Bonchev–Trinajstić information content (AvgIpc) is 2.11. The molecule has 0 rings (SSSR count). The zero-order valence-electron chi connectivity index (χ0n) is 8.86. The number of rotatable bonds is 6. The Morgan fingerprint density at radius 3 is 2.43 bits per heavy atom. The Balaban J connectivity index is 4.13. The number of oxime groups is 1. The van der Waals surface area contributed by atoms with Crippen molar-refractivity contribution < 1.29 is 19.2 Å². The second kappa shape index (κ2) is 5.36. The molecule has 0 atom stereocenters. The van der Waals surface area contributed by atoms with Gasteiger partial charge in [0.1, 0.15) is 6.61 Å². The number of hydrogen-bond acceptors (Lipinski definition) is 5. The minimum absolute atomic E-state index is 0.0669. The zero-order valence-corrected chi connectivity index (χ0v) is 8.86. The molecule has 0 aromatic carbocycles. The molecule has 0 aliphatic rings. The lowest BCUT2D eigenvalue weighted by atomic mass is 10.1. The average molecular weight is 201 g/mol. The molecule has 0 radical (unpaired) electrons. The van der Waals surface area contributed by atoms with Crippen molar-refractivity contribution in [2.24, 2.45) is 5.16 Å².